The molecule has 5 nitrogen and oxygen atoms in total. The molecule has 0 aliphatic heterocycles. The Morgan fingerprint density at radius 3 is 2.39 bits per heavy atom. The van der Waals surface area contributed by atoms with Crippen molar-refractivity contribution in [1.29, 1.82) is 0 Å². The topological polar surface area (TPSA) is 66.2 Å². The van der Waals surface area contributed by atoms with Crippen LogP contribution in [0.1, 0.15) is 25.0 Å². The van der Waals surface area contributed by atoms with Gasteiger partial charge in [0, 0.05) is 12.1 Å². The van der Waals surface area contributed by atoms with E-state index in [-0.39, 0.29) is 5.69 Å². The molecule has 0 fully saturated rings. The van der Waals surface area contributed by atoms with Crippen molar-refractivity contribution in [2.24, 2.45) is 0 Å². The summed E-state index contributed by atoms with van der Waals surface area (Å²) >= 11 is 0. The van der Waals surface area contributed by atoms with Crippen molar-refractivity contribution in [3.05, 3.63) is 64.4 Å². The molecule has 2 rings (SSSR count). The van der Waals surface area contributed by atoms with E-state index in [9.17, 15) is 5.21 Å². The molecule has 0 heterocycles. The van der Waals surface area contributed by atoms with Crippen molar-refractivity contribution < 1.29 is 19.9 Å². The highest BCUT2D eigenvalue weighted by atomic mass is 16.8. The van der Waals surface area contributed by atoms with Crippen LogP contribution in [0.25, 0.3) is 6.08 Å². The molecule has 1 atom stereocenters. The summed E-state index contributed by atoms with van der Waals surface area (Å²) in [4.78, 5) is 0. The lowest BCUT2D eigenvalue weighted by atomic mass is 10.1. The number of hydrogen-bond acceptors (Lipinski definition) is 4. The Labute approximate surface area is 135 Å². The first kappa shape index (κ1) is 17.0. The molecule has 0 aliphatic carbocycles. The third kappa shape index (κ3) is 4.82. The van der Waals surface area contributed by atoms with Gasteiger partial charge in [0.2, 0.25) is 0 Å². The third-order valence-electron chi connectivity index (χ3n) is 3.24. The monoisotopic (exact) mass is 315 g/mol. The van der Waals surface area contributed by atoms with E-state index in [1.807, 2.05) is 32.0 Å². The summed E-state index contributed by atoms with van der Waals surface area (Å²) in [6.07, 6.45) is 2.07. The number of hydrogen-bond donors (Lipinski definition) is 2. The molecule has 5 heteroatoms. The van der Waals surface area contributed by atoms with Crippen molar-refractivity contribution in [3.8, 4) is 11.5 Å². The van der Waals surface area contributed by atoms with Gasteiger partial charge in [-0.15, -0.1) is 0 Å². The summed E-state index contributed by atoms with van der Waals surface area (Å²) in [7, 11) is 1.61. The molecular weight excluding hydrogens is 294 g/mol. The van der Waals surface area contributed by atoms with E-state index in [0.717, 1.165) is 11.1 Å². The first-order valence-electron chi connectivity index (χ1n) is 7.27. The Hall–Kier alpha value is -2.34. The van der Waals surface area contributed by atoms with Gasteiger partial charge in [-0.05, 0) is 49.2 Å². The summed E-state index contributed by atoms with van der Waals surface area (Å²) in [5, 5.41) is 18.8. The first-order valence-corrected chi connectivity index (χ1v) is 7.27. The molecule has 0 radical (unpaired) electrons. The van der Waals surface area contributed by atoms with Gasteiger partial charge in [-0.2, -0.15) is 5.23 Å². The van der Waals surface area contributed by atoms with E-state index in [1.165, 1.54) is 5.57 Å². The van der Waals surface area contributed by atoms with Gasteiger partial charge < -0.3 is 14.7 Å². The maximum Gasteiger partial charge on any atom is 0.163 e. The second-order valence-electron chi connectivity index (χ2n) is 5.42. The maximum atomic E-state index is 10.8. The number of benzene rings is 2. The van der Waals surface area contributed by atoms with Crippen LogP contribution in [0.15, 0.2) is 48.0 Å². The van der Waals surface area contributed by atoms with Gasteiger partial charge in [0.05, 0.1) is 7.11 Å². The lowest BCUT2D eigenvalue weighted by Gasteiger charge is -2.13. The standard InChI is InChI=1S/C18H21NO4/c1-13(2)10-15-6-9-17(18(11-15)22-3)23-12-14-4-7-16(8-5-14)19(20)21/h4-11,19-20H,12H2,1-3H3. The molecular formula is C18H21NO4. The summed E-state index contributed by atoms with van der Waals surface area (Å²) in [6.45, 7) is 4.42. The zero-order chi connectivity index (χ0) is 16.8. The Morgan fingerprint density at radius 1 is 1.13 bits per heavy atom. The van der Waals surface area contributed by atoms with E-state index in [2.05, 4.69) is 6.08 Å². The number of quaternary nitrogens is 1. The van der Waals surface area contributed by atoms with E-state index in [1.54, 1.807) is 31.4 Å². The molecule has 2 aromatic carbocycles. The lowest BCUT2D eigenvalue weighted by molar-refractivity contribution is -0.991. The zero-order valence-electron chi connectivity index (χ0n) is 13.5. The summed E-state index contributed by atoms with van der Waals surface area (Å²) < 4.78 is 11.2. The Kier molecular flexibility index (Phi) is 5.76. The smallest absolute Gasteiger partial charge is 0.163 e. The Bertz CT molecular complexity index is 674. The van der Waals surface area contributed by atoms with Crippen LogP contribution in [0.4, 0.5) is 5.69 Å². The van der Waals surface area contributed by atoms with Crippen LogP contribution in [0.3, 0.4) is 0 Å². The summed E-state index contributed by atoms with van der Waals surface area (Å²) in [6, 6.07) is 12.4. The fourth-order valence-corrected chi connectivity index (χ4v) is 2.13. The van der Waals surface area contributed by atoms with E-state index in [4.69, 9.17) is 14.7 Å². The number of methoxy groups -OCH3 is 1. The predicted octanol–water partition coefficient (Wildman–Crippen LogP) is 3.10. The number of allylic oxidation sites excluding steroid dienone is 1. The average molecular weight is 315 g/mol. The maximum absolute atomic E-state index is 10.8. The van der Waals surface area contributed by atoms with E-state index < -0.39 is 5.23 Å². The SMILES string of the molecule is COc1cc(C=C(C)C)ccc1OCc1ccc([NH+]([O-])O)cc1. The predicted molar refractivity (Wildman–Crippen MR) is 88.9 cm³/mol. The number of rotatable bonds is 6. The van der Waals surface area contributed by atoms with Gasteiger partial charge in [-0.25, -0.2) is 5.21 Å². The molecule has 23 heavy (non-hydrogen) atoms. The highest BCUT2D eigenvalue weighted by molar-refractivity contribution is 5.57. The zero-order valence-corrected chi connectivity index (χ0v) is 13.5. The van der Waals surface area contributed by atoms with Crippen LogP contribution < -0.4 is 14.7 Å². The summed E-state index contributed by atoms with van der Waals surface area (Å²) in [5.74, 6) is 1.32. The minimum atomic E-state index is -0.936. The van der Waals surface area contributed by atoms with Crippen molar-refractivity contribution in [1.82, 2.24) is 0 Å². The van der Waals surface area contributed by atoms with Crippen LogP contribution in [-0.4, -0.2) is 12.3 Å². The van der Waals surface area contributed by atoms with Crippen LogP contribution >= 0.6 is 0 Å². The molecule has 1 unspecified atom stereocenters. The van der Waals surface area contributed by atoms with Crippen LogP contribution in [-0.2, 0) is 6.61 Å². The number of ether oxygens (including phenoxy) is 2. The Balaban J connectivity index is 2.09. The molecule has 2 N–H and O–H groups in total. The molecule has 0 spiro atoms. The molecule has 0 aromatic heterocycles. The van der Waals surface area contributed by atoms with Crippen LogP contribution in [0, 0.1) is 5.21 Å². The van der Waals surface area contributed by atoms with Crippen LogP contribution in [0.2, 0.25) is 0 Å². The minimum Gasteiger partial charge on any atom is -0.595 e. The summed E-state index contributed by atoms with van der Waals surface area (Å²) in [5.41, 5.74) is 3.42. The van der Waals surface area contributed by atoms with Gasteiger partial charge in [0.1, 0.15) is 6.61 Å². The molecule has 0 saturated carbocycles. The fraction of sp³-hybridized carbons (Fsp3) is 0.222. The number of nitrogens with one attached hydrogen (secondary N) is 1. The second kappa shape index (κ2) is 7.78. The van der Waals surface area contributed by atoms with Crippen LogP contribution in [0.5, 0.6) is 11.5 Å². The van der Waals surface area contributed by atoms with Crippen molar-refractivity contribution >= 4 is 11.8 Å². The molecule has 0 aliphatic rings. The lowest BCUT2D eigenvalue weighted by Crippen LogP contribution is -2.99. The van der Waals surface area contributed by atoms with Crippen molar-refractivity contribution in [3.63, 3.8) is 0 Å². The van der Waals surface area contributed by atoms with Gasteiger partial charge in [0.25, 0.3) is 0 Å². The van der Waals surface area contributed by atoms with Crippen molar-refractivity contribution in [2.45, 2.75) is 20.5 Å². The molecule has 0 saturated heterocycles. The largest absolute Gasteiger partial charge is 0.595 e. The normalized spacial score (nSPS) is 11.7. The van der Waals surface area contributed by atoms with E-state index in [0.29, 0.717) is 18.1 Å². The van der Waals surface area contributed by atoms with Gasteiger partial charge >= 0.3 is 0 Å². The average Bonchev–Trinajstić information content (AvgIpc) is 2.53. The Morgan fingerprint density at radius 2 is 1.83 bits per heavy atom. The first-order chi connectivity index (χ1) is 11.0. The highest BCUT2D eigenvalue weighted by Crippen LogP contribution is 2.29. The van der Waals surface area contributed by atoms with Gasteiger partial charge in [-0.3, -0.25) is 0 Å². The third-order valence-corrected chi connectivity index (χ3v) is 3.24. The second-order valence-corrected chi connectivity index (χ2v) is 5.42. The van der Waals surface area contributed by atoms with Gasteiger partial charge in [0.15, 0.2) is 17.2 Å². The fourth-order valence-electron chi connectivity index (χ4n) is 2.13. The molecule has 0 amide bonds. The van der Waals surface area contributed by atoms with Crippen molar-refractivity contribution in [2.75, 3.05) is 7.11 Å². The molecule has 122 valence electrons. The van der Waals surface area contributed by atoms with E-state index >= 15 is 0 Å². The highest BCUT2D eigenvalue weighted by Gasteiger charge is 2.06. The molecule has 2 aromatic rings. The van der Waals surface area contributed by atoms with Gasteiger partial charge in [-0.1, -0.05) is 17.7 Å². The minimum absolute atomic E-state index is 0.261. The quantitative estimate of drug-likeness (QED) is 0.804. The molecule has 0 bridgehead atoms.